The molecule has 1 aromatic carbocycles. The van der Waals surface area contributed by atoms with Crippen LogP contribution < -0.4 is 9.50 Å². The Morgan fingerprint density at radius 1 is 1.20 bits per heavy atom. The number of aliphatic hydroxyl groups is 1. The van der Waals surface area contributed by atoms with Crippen molar-refractivity contribution in [2.75, 3.05) is 0 Å². The van der Waals surface area contributed by atoms with Gasteiger partial charge in [-0.25, -0.2) is 4.79 Å². The quantitative estimate of drug-likeness (QED) is 0.458. The third-order valence-electron chi connectivity index (χ3n) is 2.53. The van der Waals surface area contributed by atoms with Crippen molar-refractivity contribution < 1.29 is 40.4 Å². The molecule has 0 fully saturated rings. The predicted octanol–water partition coefficient (Wildman–Crippen LogP) is 2.30. The van der Waals surface area contributed by atoms with Gasteiger partial charge in [0.25, 0.3) is 0 Å². The monoisotopic (exact) mass is 385 g/mol. The average Bonchev–Trinajstić information content (AvgIpc) is 2.36. The summed E-state index contributed by atoms with van der Waals surface area (Å²) in [6.07, 6.45) is -2.22. The molecule has 0 aliphatic rings. The molecular formula is C14H18F3NO6S. The summed E-state index contributed by atoms with van der Waals surface area (Å²) in [4.78, 5) is 11.5. The fourth-order valence-corrected chi connectivity index (χ4v) is 2.03. The second-order valence-electron chi connectivity index (χ2n) is 5.99. The van der Waals surface area contributed by atoms with Crippen LogP contribution in [0.5, 0.6) is 5.75 Å². The molecule has 11 heteroatoms. The van der Waals surface area contributed by atoms with Crippen molar-refractivity contribution >= 4 is 16.2 Å². The van der Waals surface area contributed by atoms with E-state index in [0.717, 1.165) is 12.1 Å². The first-order valence-corrected chi connectivity index (χ1v) is 8.38. The van der Waals surface area contributed by atoms with Crippen LogP contribution in [0.1, 0.15) is 26.3 Å². The van der Waals surface area contributed by atoms with E-state index in [-0.39, 0.29) is 6.42 Å². The average molecular weight is 385 g/mol. The molecule has 0 bridgehead atoms. The lowest BCUT2D eigenvalue weighted by molar-refractivity contribution is -0.0500. The second kappa shape index (κ2) is 7.48. The van der Waals surface area contributed by atoms with E-state index in [0.29, 0.717) is 5.56 Å². The molecule has 1 rings (SSSR count). The normalized spacial score (nSPS) is 13.9. The first kappa shape index (κ1) is 21.0. The smallest absolute Gasteiger partial charge is 0.444 e. The first-order valence-electron chi connectivity index (χ1n) is 6.97. The maximum Gasteiger partial charge on any atom is 0.534 e. The van der Waals surface area contributed by atoms with Gasteiger partial charge >= 0.3 is 21.7 Å². The number of nitrogens with one attached hydrogen (secondary N) is 1. The van der Waals surface area contributed by atoms with E-state index < -0.39 is 39.3 Å². The zero-order valence-electron chi connectivity index (χ0n) is 13.6. The molecule has 25 heavy (non-hydrogen) atoms. The molecule has 0 spiro atoms. The summed E-state index contributed by atoms with van der Waals surface area (Å²) >= 11 is 0. The molecule has 142 valence electrons. The Hall–Kier alpha value is -2.01. The van der Waals surface area contributed by atoms with Crippen LogP contribution in [0.25, 0.3) is 0 Å². The number of aliphatic hydroxyl groups excluding tert-OH is 1. The number of carbonyl (C=O) groups excluding carboxylic acids is 1. The lowest BCUT2D eigenvalue weighted by Gasteiger charge is -2.21. The fourth-order valence-electron chi connectivity index (χ4n) is 1.57. The third kappa shape index (κ3) is 7.18. The SMILES string of the molecule is CC(C)(C)OC(=O)NC(O)Cc1ccc(OS(=O)(=O)C(F)(F)F)cc1. The number of benzene rings is 1. The molecule has 1 unspecified atom stereocenters. The highest BCUT2D eigenvalue weighted by atomic mass is 32.2. The number of hydrogen-bond acceptors (Lipinski definition) is 6. The zero-order chi connectivity index (χ0) is 19.5. The van der Waals surface area contributed by atoms with Gasteiger partial charge in [-0.1, -0.05) is 12.1 Å². The molecular weight excluding hydrogens is 367 g/mol. The Balaban J connectivity index is 2.64. The van der Waals surface area contributed by atoms with Gasteiger partial charge in [-0.3, -0.25) is 5.32 Å². The van der Waals surface area contributed by atoms with Gasteiger partial charge in [-0.2, -0.15) is 21.6 Å². The molecule has 0 heterocycles. The van der Waals surface area contributed by atoms with Crippen molar-refractivity contribution in [2.24, 2.45) is 0 Å². The van der Waals surface area contributed by atoms with Crippen LogP contribution in [0, 0.1) is 0 Å². The van der Waals surface area contributed by atoms with E-state index in [1.54, 1.807) is 20.8 Å². The molecule has 1 atom stereocenters. The Labute approximate surface area is 142 Å². The Kier molecular flexibility index (Phi) is 6.29. The van der Waals surface area contributed by atoms with Gasteiger partial charge in [0.05, 0.1) is 0 Å². The largest absolute Gasteiger partial charge is 0.534 e. The number of rotatable bonds is 5. The Bertz CT molecular complexity index is 695. The van der Waals surface area contributed by atoms with Crippen molar-refractivity contribution in [3.8, 4) is 5.75 Å². The fraction of sp³-hybridized carbons (Fsp3) is 0.500. The Morgan fingerprint density at radius 2 is 1.72 bits per heavy atom. The molecule has 0 aliphatic carbocycles. The van der Waals surface area contributed by atoms with Crippen LogP contribution in [0.3, 0.4) is 0 Å². The number of alkyl carbamates (subject to hydrolysis) is 1. The van der Waals surface area contributed by atoms with E-state index >= 15 is 0 Å². The number of hydrogen-bond donors (Lipinski definition) is 2. The van der Waals surface area contributed by atoms with Gasteiger partial charge in [-0.15, -0.1) is 0 Å². The highest BCUT2D eigenvalue weighted by molar-refractivity contribution is 7.88. The van der Waals surface area contributed by atoms with Crippen molar-refractivity contribution in [2.45, 2.75) is 44.5 Å². The van der Waals surface area contributed by atoms with Gasteiger partial charge in [-0.05, 0) is 38.5 Å². The van der Waals surface area contributed by atoms with Gasteiger partial charge < -0.3 is 14.0 Å². The first-order chi connectivity index (χ1) is 11.2. The van der Waals surface area contributed by atoms with Crippen LogP contribution in [0.4, 0.5) is 18.0 Å². The minimum atomic E-state index is -5.74. The van der Waals surface area contributed by atoms with E-state index in [2.05, 4.69) is 9.50 Å². The molecule has 1 aromatic rings. The van der Waals surface area contributed by atoms with Crippen LogP contribution in [0.15, 0.2) is 24.3 Å². The van der Waals surface area contributed by atoms with Crippen molar-refractivity contribution in [1.82, 2.24) is 5.32 Å². The summed E-state index contributed by atoms with van der Waals surface area (Å²) < 4.78 is 67.3. The van der Waals surface area contributed by atoms with Gasteiger partial charge in [0.15, 0.2) is 0 Å². The number of amides is 1. The lowest BCUT2D eigenvalue weighted by atomic mass is 10.1. The molecule has 0 saturated heterocycles. The number of halogens is 3. The summed E-state index contributed by atoms with van der Waals surface area (Å²) in [5, 5.41) is 11.9. The van der Waals surface area contributed by atoms with Gasteiger partial charge in [0.1, 0.15) is 17.6 Å². The maximum atomic E-state index is 12.2. The highest BCUT2D eigenvalue weighted by Crippen LogP contribution is 2.27. The third-order valence-corrected chi connectivity index (χ3v) is 3.50. The molecule has 0 radical (unpaired) electrons. The molecule has 0 aliphatic heterocycles. The van der Waals surface area contributed by atoms with Crippen LogP contribution in [-0.4, -0.2) is 37.0 Å². The molecule has 1 amide bonds. The number of carbonyl (C=O) groups is 1. The summed E-state index contributed by atoms with van der Waals surface area (Å²) in [5.41, 5.74) is -5.85. The lowest BCUT2D eigenvalue weighted by Crippen LogP contribution is -2.40. The van der Waals surface area contributed by atoms with E-state index in [1.807, 2.05) is 0 Å². The number of ether oxygens (including phenoxy) is 1. The van der Waals surface area contributed by atoms with Gasteiger partial charge in [0, 0.05) is 6.42 Å². The van der Waals surface area contributed by atoms with Crippen LogP contribution in [0.2, 0.25) is 0 Å². The van der Waals surface area contributed by atoms with E-state index in [4.69, 9.17) is 4.74 Å². The standard InChI is InChI=1S/C14H18F3NO6S/c1-13(2,3)23-12(20)18-11(19)8-9-4-6-10(7-5-9)24-25(21,22)14(15,16)17/h4-7,11,19H,8H2,1-3H3,(H,18,20). The van der Waals surface area contributed by atoms with Crippen LogP contribution >= 0.6 is 0 Å². The Morgan fingerprint density at radius 3 is 2.16 bits per heavy atom. The minimum absolute atomic E-state index is 0.0778. The molecule has 7 nitrogen and oxygen atoms in total. The van der Waals surface area contributed by atoms with E-state index in [9.17, 15) is 31.5 Å². The van der Waals surface area contributed by atoms with Gasteiger partial charge in [0.2, 0.25) is 0 Å². The molecule has 0 saturated carbocycles. The summed E-state index contributed by atoms with van der Waals surface area (Å²) in [6, 6.07) is 4.50. The summed E-state index contributed by atoms with van der Waals surface area (Å²) in [5.74, 6) is -0.532. The topological polar surface area (TPSA) is 102 Å². The molecule has 0 aromatic heterocycles. The summed E-state index contributed by atoms with van der Waals surface area (Å²) in [6.45, 7) is 4.94. The molecule has 2 N–H and O–H groups in total. The predicted molar refractivity (Wildman–Crippen MR) is 81.1 cm³/mol. The van der Waals surface area contributed by atoms with E-state index in [1.165, 1.54) is 12.1 Å². The zero-order valence-corrected chi connectivity index (χ0v) is 14.4. The summed E-state index contributed by atoms with van der Waals surface area (Å²) in [7, 11) is -5.74. The maximum absolute atomic E-state index is 12.2. The second-order valence-corrected chi connectivity index (χ2v) is 7.53. The van der Waals surface area contributed by atoms with Crippen molar-refractivity contribution in [1.29, 1.82) is 0 Å². The highest BCUT2D eigenvalue weighted by Gasteiger charge is 2.48. The minimum Gasteiger partial charge on any atom is -0.444 e. The van der Waals surface area contributed by atoms with Crippen LogP contribution in [-0.2, 0) is 21.3 Å². The number of alkyl halides is 3. The van der Waals surface area contributed by atoms with Crippen molar-refractivity contribution in [3.63, 3.8) is 0 Å². The van der Waals surface area contributed by atoms with Crippen molar-refractivity contribution in [3.05, 3.63) is 29.8 Å².